The summed E-state index contributed by atoms with van der Waals surface area (Å²) in [6.45, 7) is 0. The van der Waals surface area contributed by atoms with Gasteiger partial charge in [-0.15, -0.1) is 11.8 Å². The van der Waals surface area contributed by atoms with Crippen LogP contribution >= 0.6 is 27.7 Å². The monoisotopic (exact) mass is 270 g/mol. The Hall–Kier alpha value is -0.230. The molecule has 0 saturated carbocycles. The molecular formula is C7H11BrO4S. The van der Waals surface area contributed by atoms with E-state index in [0.717, 1.165) is 0 Å². The first-order valence-electron chi connectivity index (χ1n) is 3.48. The molecule has 0 N–H and O–H groups in total. The van der Waals surface area contributed by atoms with Gasteiger partial charge in [0.05, 0.1) is 20.0 Å². The number of hydrogen-bond acceptors (Lipinski definition) is 5. The minimum absolute atomic E-state index is 0.246. The number of carbonyl (C=O) groups excluding carboxylic acids is 2. The van der Waals surface area contributed by atoms with E-state index in [1.54, 1.807) is 0 Å². The van der Waals surface area contributed by atoms with Crippen molar-refractivity contribution in [1.29, 1.82) is 0 Å². The highest BCUT2D eigenvalue weighted by Crippen LogP contribution is 2.11. The van der Waals surface area contributed by atoms with Gasteiger partial charge in [-0.2, -0.15) is 0 Å². The Labute approximate surface area is 89.5 Å². The average Bonchev–Trinajstić information content (AvgIpc) is 2.15. The highest BCUT2D eigenvalue weighted by molar-refractivity contribution is 9.10. The molecule has 1 unspecified atom stereocenters. The first-order valence-corrected chi connectivity index (χ1v) is 5.55. The van der Waals surface area contributed by atoms with Gasteiger partial charge in [-0.05, 0) is 0 Å². The Morgan fingerprint density at radius 1 is 1.38 bits per heavy atom. The fourth-order valence-corrected chi connectivity index (χ4v) is 1.99. The van der Waals surface area contributed by atoms with Gasteiger partial charge in [0.25, 0.3) is 0 Å². The van der Waals surface area contributed by atoms with Gasteiger partial charge in [0.2, 0.25) is 0 Å². The molecular weight excluding hydrogens is 260 g/mol. The maximum Gasteiger partial charge on any atom is 0.320 e. The molecule has 0 bridgehead atoms. The van der Waals surface area contributed by atoms with Crippen molar-refractivity contribution in [2.45, 2.75) is 4.83 Å². The molecule has 0 heterocycles. The van der Waals surface area contributed by atoms with Crippen LogP contribution in [-0.4, -0.2) is 42.5 Å². The minimum Gasteiger partial charge on any atom is -0.468 e. The quantitative estimate of drug-likeness (QED) is 0.547. The zero-order valence-corrected chi connectivity index (χ0v) is 9.81. The molecule has 6 heteroatoms. The normalized spacial score (nSPS) is 11.9. The number of carbonyl (C=O) groups is 2. The van der Waals surface area contributed by atoms with Gasteiger partial charge < -0.3 is 9.47 Å². The molecule has 76 valence electrons. The van der Waals surface area contributed by atoms with E-state index in [4.69, 9.17) is 0 Å². The second-order valence-corrected chi connectivity index (χ2v) is 4.22. The molecule has 0 spiro atoms. The molecule has 0 rings (SSSR count). The lowest BCUT2D eigenvalue weighted by atomic mass is 10.5. The maximum absolute atomic E-state index is 10.9. The highest BCUT2D eigenvalue weighted by Gasteiger charge is 2.15. The number of methoxy groups -OCH3 is 2. The zero-order valence-electron chi connectivity index (χ0n) is 7.41. The number of esters is 2. The van der Waals surface area contributed by atoms with Crippen LogP contribution in [0.3, 0.4) is 0 Å². The summed E-state index contributed by atoms with van der Waals surface area (Å²) in [6.07, 6.45) is 0. The van der Waals surface area contributed by atoms with Crippen LogP contribution in [0.2, 0.25) is 0 Å². The van der Waals surface area contributed by atoms with E-state index < -0.39 is 0 Å². The summed E-state index contributed by atoms with van der Waals surface area (Å²) in [5, 5.41) is 0. The molecule has 0 aliphatic rings. The van der Waals surface area contributed by atoms with Crippen LogP contribution in [0.1, 0.15) is 0 Å². The van der Waals surface area contributed by atoms with E-state index in [1.807, 2.05) is 0 Å². The molecule has 1 atom stereocenters. The Kier molecular flexibility index (Phi) is 7.07. The van der Waals surface area contributed by atoms with E-state index in [1.165, 1.54) is 26.0 Å². The molecule has 0 aliphatic carbocycles. The molecule has 13 heavy (non-hydrogen) atoms. The van der Waals surface area contributed by atoms with Crippen LogP contribution in [0.15, 0.2) is 0 Å². The van der Waals surface area contributed by atoms with E-state index in [0.29, 0.717) is 5.75 Å². The summed E-state index contributed by atoms with van der Waals surface area (Å²) < 4.78 is 8.91. The van der Waals surface area contributed by atoms with Crippen molar-refractivity contribution in [3.05, 3.63) is 0 Å². The summed E-state index contributed by atoms with van der Waals surface area (Å²) in [5.41, 5.74) is 0. The van der Waals surface area contributed by atoms with Crippen molar-refractivity contribution in [3.8, 4) is 0 Å². The molecule has 0 radical (unpaired) electrons. The van der Waals surface area contributed by atoms with E-state index >= 15 is 0 Å². The molecule has 0 amide bonds. The Morgan fingerprint density at radius 2 is 2.00 bits per heavy atom. The Balaban J connectivity index is 3.53. The standard InChI is InChI=1S/C7H11BrO4S/c1-11-6(9)4-13-3-5(8)7(10)12-2/h5H,3-4H2,1-2H3. The molecule has 0 saturated heterocycles. The van der Waals surface area contributed by atoms with Crippen LogP contribution in [0.4, 0.5) is 0 Å². The third kappa shape index (κ3) is 5.93. The lowest BCUT2D eigenvalue weighted by molar-refractivity contribution is -0.139. The third-order valence-corrected chi connectivity index (χ3v) is 3.30. The first kappa shape index (κ1) is 12.8. The predicted molar refractivity (Wildman–Crippen MR) is 54.1 cm³/mol. The number of alkyl halides is 1. The van der Waals surface area contributed by atoms with Gasteiger partial charge in [-0.3, -0.25) is 9.59 Å². The van der Waals surface area contributed by atoms with Crippen LogP contribution < -0.4 is 0 Å². The van der Waals surface area contributed by atoms with Gasteiger partial charge >= 0.3 is 11.9 Å². The van der Waals surface area contributed by atoms with Crippen LogP contribution in [0.5, 0.6) is 0 Å². The van der Waals surface area contributed by atoms with Gasteiger partial charge in [0, 0.05) is 5.75 Å². The van der Waals surface area contributed by atoms with Crippen molar-refractivity contribution in [2.24, 2.45) is 0 Å². The van der Waals surface area contributed by atoms with Crippen molar-refractivity contribution < 1.29 is 19.1 Å². The minimum atomic E-state index is -0.368. The van der Waals surface area contributed by atoms with Crippen LogP contribution in [0.25, 0.3) is 0 Å². The van der Waals surface area contributed by atoms with Gasteiger partial charge in [-0.1, -0.05) is 15.9 Å². The summed E-state index contributed by atoms with van der Waals surface area (Å²) in [4.78, 5) is 21.1. The zero-order chi connectivity index (χ0) is 10.3. The summed E-state index contributed by atoms with van der Waals surface area (Å²) >= 11 is 4.44. The van der Waals surface area contributed by atoms with Crippen molar-refractivity contribution in [3.63, 3.8) is 0 Å². The lowest BCUT2D eigenvalue weighted by Crippen LogP contribution is -2.19. The van der Waals surface area contributed by atoms with E-state index in [9.17, 15) is 9.59 Å². The SMILES string of the molecule is COC(=O)CSCC(Br)C(=O)OC. The molecule has 0 aliphatic heterocycles. The van der Waals surface area contributed by atoms with Crippen LogP contribution in [0, 0.1) is 0 Å². The topological polar surface area (TPSA) is 52.6 Å². The fourth-order valence-electron chi connectivity index (χ4n) is 0.501. The second-order valence-electron chi connectivity index (χ2n) is 2.08. The molecule has 0 fully saturated rings. The Bertz CT molecular complexity index is 185. The number of hydrogen-bond donors (Lipinski definition) is 0. The third-order valence-electron chi connectivity index (χ3n) is 1.17. The van der Waals surface area contributed by atoms with Gasteiger partial charge in [0.15, 0.2) is 0 Å². The molecule has 0 aromatic rings. The number of halogens is 1. The smallest absolute Gasteiger partial charge is 0.320 e. The van der Waals surface area contributed by atoms with E-state index in [2.05, 4.69) is 25.4 Å². The van der Waals surface area contributed by atoms with Gasteiger partial charge in [-0.25, -0.2) is 0 Å². The maximum atomic E-state index is 10.9. The van der Waals surface area contributed by atoms with E-state index in [-0.39, 0.29) is 22.5 Å². The van der Waals surface area contributed by atoms with Gasteiger partial charge in [0.1, 0.15) is 4.83 Å². The summed E-state index contributed by atoms with van der Waals surface area (Å²) in [7, 11) is 2.65. The largest absolute Gasteiger partial charge is 0.468 e. The second kappa shape index (κ2) is 7.20. The molecule has 4 nitrogen and oxygen atoms in total. The van der Waals surface area contributed by atoms with Crippen LogP contribution in [-0.2, 0) is 19.1 Å². The Morgan fingerprint density at radius 3 is 2.46 bits per heavy atom. The number of thioether (sulfide) groups is 1. The summed E-state index contributed by atoms with van der Waals surface area (Å²) in [6, 6.07) is 0. The predicted octanol–water partition coefficient (Wildman–Crippen LogP) is 0.829. The molecule has 0 aromatic heterocycles. The number of rotatable bonds is 5. The van der Waals surface area contributed by atoms with Crippen molar-refractivity contribution >= 4 is 39.6 Å². The highest BCUT2D eigenvalue weighted by atomic mass is 79.9. The van der Waals surface area contributed by atoms with Crippen molar-refractivity contribution in [2.75, 3.05) is 25.7 Å². The van der Waals surface area contributed by atoms with Crippen molar-refractivity contribution in [1.82, 2.24) is 0 Å². The summed E-state index contributed by atoms with van der Waals surface area (Å²) in [5.74, 6) is 0.101. The number of ether oxygens (including phenoxy) is 2. The fraction of sp³-hybridized carbons (Fsp3) is 0.714. The first-order chi connectivity index (χ1) is 6.11. The average molecular weight is 271 g/mol. The molecule has 0 aromatic carbocycles. The lowest BCUT2D eigenvalue weighted by Gasteiger charge is -2.05.